The molecule has 0 unspecified atom stereocenters. The summed E-state index contributed by atoms with van der Waals surface area (Å²) in [6.07, 6.45) is 0. The number of hydrogen-bond donors (Lipinski definition) is 1. The van der Waals surface area contributed by atoms with Gasteiger partial charge in [-0.1, -0.05) is 40.2 Å². The Bertz CT molecular complexity index is 341. The lowest BCUT2D eigenvalue weighted by atomic mass is 10.2. The van der Waals surface area contributed by atoms with Crippen LogP contribution in [0.3, 0.4) is 0 Å². The van der Waals surface area contributed by atoms with E-state index in [0.29, 0.717) is 18.1 Å². The molecule has 0 aliphatic rings. The van der Waals surface area contributed by atoms with Crippen molar-refractivity contribution in [3.63, 3.8) is 0 Å². The van der Waals surface area contributed by atoms with E-state index in [-0.39, 0.29) is 5.82 Å². The van der Waals surface area contributed by atoms with Gasteiger partial charge in [0.15, 0.2) is 0 Å². The molecular weight excluding hydrogens is 268 g/mol. The molecule has 0 atom stereocenters. The van der Waals surface area contributed by atoms with E-state index in [1.54, 1.807) is 6.07 Å². The van der Waals surface area contributed by atoms with E-state index < -0.39 is 0 Å². The maximum absolute atomic E-state index is 12.7. The summed E-state index contributed by atoms with van der Waals surface area (Å²) in [5.41, 5.74) is 0.877. The molecule has 0 spiro atoms. The summed E-state index contributed by atoms with van der Waals surface area (Å²) in [6, 6.07) is 4.37. The summed E-state index contributed by atoms with van der Waals surface area (Å²) in [5, 5.41) is 3.55. The number of benzene rings is 1. The molecule has 1 rings (SSSR count). The highest BCUT2D eigenvalue weighted by molar-refractivity contribution is 9.11. The third-order valence-electron chi connectivity index (χ3n) is 1.65. The van der Waals surface area contributed by atoms with Gasteiger partial charge in [-0.25, -0.2) is 4.39 Å². The van der Waals surface area contributed by atoms with Crippen molar-refractivity contribution in [2.75, 3.05) is 6.54 Å². The van der Waals surface area contributed by atoms with E-state index >= 15 is 0 Å². The fourth-order valence-corrected chi connectivity index (χ4v) is 1.43. The minimum Gasteiger partial charge on any atom is -0.308 e. The molecule has 1 nitrogen and oxygen atoms in total. The third kappa shape index (κ3) is 3.78. The average molecular weight is 279 g/mol. The minimum absolute atomic E-state index is 0.316. The van der Waals surface area contributed by atoms with Crippen LogP contribution in [-0.4, -0.2) is 6.54 Å². The maximum atomic E-state index is 12.7. The highest BCUT2D eigenvalue weighted by Gasteiger charge is 2.01. The van der Waals surface area contributed by atoms with Gasteiger partial charge in [-0.3, -0.25) is 0 Å². The first-order valence-electron chi connectivity index (χ1n) is 4.07. The summed E-state index contributed by atoms with van der Waals surface area (Å²) >= 11 is 9.06. The van der Waals surface area contributed by atoms with Gasteiger partial charge in [0.05, 0.1) is 0 Å². The molecule has 0 bridgehead atoms. The van der Waals surface area contributed by atoms with Crippen LogP contribution in [0.5, 0.6) is 0 Å². The zero-order chi connectivity index (χ0) is 10.6. The van der Waals surface area contributed by atoms with Crippen LogP contribution in [0.4, 0.5) is 4.39 Å². The second kappa shape index (κ2) is 5.49. The molecule has 0 aliphatic carbocycles. The van der Waals surface area contributed by atoms with Crippen molar-refractivity contribution in [3.05, 3.63) is 45.7 Å². The predicted octanol–water partition coefficient (Wildman–Crippen LogP) is 3.48. The smallest absolute Gasteiger partial charge is 0.124 e. The molecule has 14 heavy (non-hydrogen) atoms. The molecule has 0 radical (unpaired) electrons. The normalized spacial score (nSPS) is 10.2. The van der Waals surface area contributed by atoms with E-state index in [9.17, 15) is 4.39 Å². The molecule has 4 heteroatoms. The summed E-state index contributed by atoms with van der Waals surface area (Å²) in [4.78, 5) is 0. The van der Waals surface area contributed by atoms with Crippen LogP contribution < -0.4 is 5.32 Å². The van der Waals surface area contributed by atoms with Crippen LogP contribution in [0, 0.1) is 5.82 Å². The fraction of sp³-hybridized carbons (Fsp3) is 0.200. The molecule has 0 heterocycles. The van der Waals surface area contributed by atoms with Gasteiger partial charge in [0.25, 0.3) is 0 Å². The molecule has 1 aromatic carbocycles. The third-order valence-corrected chi connectivity index (χ3v) is 2.28. The van der Waals surface area contributed by atoms with E-state index in [0.717, 1.165) is 10.0 Å². The zero-order valence-corrected chi connectivity index (χ0v) is 9.83. The Morgan fingerprint density at radius 2 is 2.29 bits per heavy atom. The van der Waals surface area contributed by atoms with Crippen molar-refractivity contribution in [3.8, 4) is 0 Å². The first-order valence-corrected chi connectivity index (χ1v) is 5.24. The second-order valence-corrected chi connectivity index (χ2v) is 4.39. The summed E-state index contributed by atoms with van der Waals surface area (Å²) in [5.74, 6) is -0.316. The Kier molecular flexibility index (Phi) is 4.58. The van der Waals surface area contributed by atoms with Gasteiger partial charge in [-0.15, -0.1) is 0 Å². The number of hydrogen-bond acceptors (Lipinski definition) is 1. The van der Waals surface area contributed by atoms with Crippen molar-refractivity contribution in [2.24, 2.45) is 0 Å². The first-order chi connectivity index (χ1) is 6.59. The molecular formula is C10H10BrClFN. The second-order valence-electron chi connectivity index (χ2n) is 2.86. The Hall–Kier alpha value is -0.380. The van der Waals surface area contributed by atoms with Crippen LogP contribution in [0.1, 0.15) is 5.56 Å². The largest absolute Gasteiger partial charge is 0.308 e. The number of rotatable bonds is 4. The van der Waals surface area contributed by atoms with E-state index in [1.165, 1.54) is 12.1 Å². The maximum Gasteiger partial charge on any atom is 0.124 e. The monoisotopic (exact) mass is 277 g/mol. The predicted molar refractivity (Wildman–Crippen MR) is 61.2 cm³/mol. The van der Waals surface area contributed by atoms with E-state index in [4.69, 9.17) is 11.6 Å². The van der Waals surface area contributed by atoms with Gasteiger partial charge >= 0.3 is 0 Å². The first kappa shape index (κ1) is 11.7. The van der Waals surface area contributed by atoms with Gasteiger partial charge in [0, 0.05) is 22.6 Å². The molecule has 0 amide bonds. The van der Waals surface area contributed by atoms with Crippen molar-refractivity contribution in [2.45, 2.75) is 6.54 Å². The van der Waals surface area contributed by atoms with Crippen molar-refractivity contribution < 1.29 is 4.39 Å². The Labute approximate surface area is 96.1 Å². The highest BCUT2D eigenvalue weighted by Crippen LogP contribution is 2.16. The summed E-state index contributed by atoms with van der Waals surface area (Å²) in [7, 11) is 0. The standard InChI is InChI=1S/C10H10BrClFN/c1-7(11)5-14-6-8-2-3-9(13)4-10(8)12/h2-4,14H,1,5-6H2. The van der Waals surface area contributed by atoms with Crippen molar-refractivity contribution >= 4 is 27.5 Å². The summed E-state index contributed by atoms with van der Waals surface area (Å²) < 4.78 is 13.5. The summed E-state index contributed by atoms with van der Waals surface area (Å²) in [6.45, 7) is 4.95. The van der Waals surface area contributed by atoms with Gasteiger partial charge in [0.2, 0.25) is 0 Å². The van der Waals surface area contributed by atoms with Crippen molar-refractivity contribution in [1.82, 2.24) is 5.32 Å². The lowest BCUT2D eigenvalue weighted by Gasteiger charge is -2.05. The minimum atomic E-state index is -0.316. The topological polar surface area (TPSA) is 12.0 Å². The fourth-order valence-electron chi connectivity index (χ4n) is 0.998. The number of halogens is 3. The van der Waals surface area contributed by atoms with E-state index in [2.05, 4.69) is 27.8 Å². The molecule has 0 saturated heterocycles. The molecule has 0 saturated carbocycles. The Morgan fingerprint density at radius 1 is 1.57 bits per heavy atom. The van der Waals surface area contributed by atoms with Crippen molar-refractivity contribution in [1.29, 1.82) is 0 Å². The Morgan fingerprint density at radius 3 is 2.86 bits per heavy atom. The van der Waals surface area contributed by atoms with Crippen LogP contribution in [0.2, 0.25) is 5.02 Å². The Balaban J connectivity index is 2.55. The lowest BCUT2D eigenvalue weighted by molar-refractivity contribution is 0.626. The average Bonchev–Trinajstić information content (AvgIpc) is 2.08. The molecule has 1 N–H and O–H groups in total. The van der Waals surface area contributed by atoms with Gasteiger partial charge in [-0.2, -0.15) is 0 Å². The van der Waals surface area contributed by atoms with E-state index in [1.807, 2.05) is 0 Å². The zero-order valence-electron chi connectivity index (χ0n) is 7.49. The SMILES string of the molecule is C=C(Br)CNCc1ccc(F)cc1Cl. The molecule has 1 aromatic rings. The van der Waals surface area contributed by atoms with Crippen LogP contribution >= 0.6 is 27.5 Å². The molecule has 0 aromatic heterocycles. The lowest BCUT2D eigenvalue weighted by Crippen LogP contribution is -2.14. The van der Waals surface area contributed by atoms with Crippen LogP contribution in [-0.2, 0) is 6.54 Å². The molecule has 0 aliphatic heterocycles. The highest BCUT2D eigenvalue weighted by atomic mass is 79.9. The van der Waals surface area contributed by atoms with Crippen LogP contribution in [0.25, 0.3) is 0 Å². The van der Waals surface area contributed by atoms with Gasteiger partial charge in [-0.05, 0) is 17.7 Å². The van der Waals surface area contributed by atoms with Gasteiger partial charge in [0.1, 0.15) is 5.82 Å². The van der Waals surface area contributed by atoms with Gasteiger partial charge < -0.3 is 5.32 Å². The molecule has 0 fully saturated rings. The quantitative estimate of drug-likeness (QED) is 0.889. The number of nitrogens with one attached hydrogen (secondary N) is 1. The molecule has 76 valence electrons. The van der Waals surface area contributed by atoms with Crippen LogP contribution in [0.15, 0.2) is 29.3 Å².